The highest BCUT2D eigenvalue weighted by Crippen LogP contribution is 2.28. The number of nitrogens with zero attached hydrogens (tertiary/aromatic N) is 3. The van der Waals surface area contributed by atoms with Crippen molar-refractivity contribution in [2.75, 3.05) is 18.0 Å². The predicted octanol–water partition coefficient (Wildman–Crippen LogP) is 1.34. The fraction of sp³-hybridized carbons (Fsp3) is 0.500. The molecule has 1 aromatic rings. The summed E-state index contributed by atoms with van der Waals surface area (Å²) < 4.78 is 36.9. The number of rotatable bonds is 2. The number of carbonyl (C=O) groups is 1. The molecule has 2 rings (SSSR count). The molecule has 6 nitrogen and oxygen atoms in total. The maximum absolute atomic E-state index is 12.3. The molecule has 104 valence electrons. The highest BCUT2D eigenvalue weighted by molar-refractivity contribution is 5.65. The molecular weight excluding hydrogens is 265 g/mol. The van der Waals surface area contributed by atoms with Crippen molar-refractivity contribution >= 4 is 11.9 Å². The van der Waals surface area contributed by atoms with Gasteiger partial charge in [-0.25, -0.2) is 4.79 Å². The van der Waals surface area contributed by atoms with Crippen LogP contribution < -0.4 is 10.2 Å². The van der Waals surface area contributed by atoms with Gasteiger partial charge in [0.1, 0.15) is 0 Å². The minimum absolute atomic E-state index is 0.249. The van der Waals surface area contributed by atoms with Gasteiger partial charge in [0.2, 0.25) is 0 Å². The van der Waals surface area contributed by atoms with Gasteiger partial charge in [-0.05, 0) is 18.6 Å². The summed E-state index contributed by atoms with van der Waals surface area (Å²) in [6, 6.07) is 1.85. The van der Waals surface area contributed by atoms with Crippen molar-refractivity contribution in [3.05, 3.63) is 17.8 Å². The van der Waals surface area contributed by atoms with E-state index in [0.29, 0.717) is 25.3 Å². The Balaban J connectivity index is 2.02. The molecular formula is C10H11F3N4O2. The lowest BCUT2D eigenvalue weighted by molar-refractivity contribution is -0.141. The molecule has 0 aromatic carbocycles. The van der Waals surface area contributed by atoms with Gasteiger partial charge in [0.05, 0.1) is 6.04 Å². The third kappa shape index (κ3) is 3.24. The Hall–Kier alpha value is -2.06. The van der Waals surface area contributed by atoms with E-state index in [1.165, 1.54) is 6.07 Å². The lowest BCUT2D eigenvalue weighted by Gasteiger charge is -2.17. The summed E-state index contributed by atoms with van der Waals surface area (Å²) in [6.45, 7) is 0.886. The second-order valence-electron chi connectivity index (χ2n) is 4.16. The number of aromatic nitrogens is 2. The molecule has 1 fully saturated rings. The Morgan fingerprint density at radius 2 is 2.16 bits per heavy atom. The van der Waals surface area contributed by atoms with E-state index in [1.54, 1.807) is 4.90 Å². The topological polar surface area (TPSA) is 78.4 Å². The molecule has 2 N–H and O–H groups in total. The quantitative estimate of drug-likeness (QED) is 0.852. The summed E-state index contributed by atoms with van der Waals surface area (Å²) in [4.78, 5) is 12.2. The molecule has 2 heterocycles. The molecule has 0 saturated carbocycles. The third-order valence-corrected chi connectivity index (χ3v) is 2.78. The second-order valence-corrected chi connectivity index (χ2v) is 4.16. The number of hydrogen-bond acceptors (Lipinski definition) is 4. The van der Waals surface area contributed by atoms with Gasteiger partial charge in [-0.1, -0.05) is 0 Å². The zero-order valence-electron chi connectivity index (χ0n) is 9.68. The Bertz CT molecular complexity index is 463. The van der Waals surface area contributed by atoms with Crippen molar-refractivity contribution in [3.63, 3.8) is 0 Å². The maximum atomic E-state index is 12.3. The fourth-order valence-corrected chi connectivity index (χ4v) is 1.91. The maximum Gasteiger partial charge on any atom is 0.435 e. The van der Waals surface area contributed by atoms with E-state index in [0.717, 1.165) is 6.07 Å². The smallest absolute Gasteiger partial charge is 0.435 e. The van der Waals surface area contributed by atoms with E-state index in [9.17, 15) is 18.0 Å². The van der Waals surface area contributed by atoms with Gasteiger partial charge in [-0.15, -0.1) is 10.2 Å². The molecule has 1 saturated heterocycles. The average molecular weight is 276 g/mol. The minimum atomic E-state index is -4.51. The van der Waals surface area contributed by atoms with E-state index in [-0.39, 0.29) is 6.04 Å². The van der Waals surface area contributed by atoms with E-state index in [2.05, 4.69) is 15.5 Å². The van der Waals surface area contributed by atoms with E-state index in [1.807, 2.05) is 0 Å². The van der Waals surface area contributed by atoms with Gasteiger partial charge in [-0.2, -0.15) is 13.2 Å². The van der Waals surface area contributed by atoms with Gasteiger partial charge in [-0.3, -0.25) is 0 Å². The van der Waals surface area contributed by atoms with Crippen LogP contribution in [0.25, 0.3) is 0 Å². The molecule has 1 aliphatic heterocycles. The molecule has 1 aromatic heterocycles. The Morgan fingerprint density at radius 1 is 1.42 bits per heavy atom. The van der Waals surface area contributed by atoms with Crippen LogP contribution in [0.4, 0.5) is 23.8 Å². The molecule has 1 amide bonds. The van der Waals surface area contributed by atoms with Crippen LogP contribution in [0.15, 0.2) is 12.1 Å². The molecule has 9 heteroatoms. The van der Waals surface area contributed by atoms with Crippen LogP contribution in [0.3, 0.4) is 0 Å². The van der Waals surface area contributed by atoms with Gasteiger partial charge in [0, 0.05) is 13.1 Å². The summed E-state index contributed by atoms with van der Waals surface area (Å²) in [5, 5.41) is 17.5. The SMILES string of the molecule is O=C(O)NC1CCN(c2ccc(C(F)(F)F)nn2)C1. The fourth-order valence-electron chi connectivity index (χ4n) is 1.91. The molecule has 1 atom stereocenters. The number of hydrogen-bond donors (Lipinski definition) is 2. The Morgan fingerprint density at radius 3 is 2.68 bits per heavy atom. The first-order valence-corrected chi connectivity index (χ1v) is 5.51. The van der Waals surface area contributed by atoms with Gasteiger partial charge in [0.15, 0.2) is 11.5 Å². The van der Waals surface area contributed by atoms with E-state index < -0.39 is 18.0 Å². The summed E-state index contributed by atoms with van der Waals surface area (Å²) in [7, 11) is 0. The largest absolute Gasteiger partial charge is 0.465 e. The molecule has 0 spiro atoms. The first-order valence-electron chi connectivity index (χ1n) is 5.51. The van der Waals surface area contributed by atoms with Crippen LogP contribution in [-0.2, 0) is 6.18 Å². The molecule has 19 heavy (non-hydrogen) atoms. The van der Waals surface area contributed by atoms with Gasteiger partial charge >= 0.3 is 12.3 Å². The molecule has 1 unspecified atom stereocenters. The molecule has 0 aliphatic carbocycles. The predicted molar refractivity (Wildman–Crippen MR) is 58.8 cm³/mol. The van der Waals surface area contributed by atoms with Crippen LogP contribution >= 0.6 is 0 Å². The number of halogens is 3. The molecule has 0 radical (unpaired) electrons. The van der Waals surface area contributed by atoms with Crippen LogP contribution in [0.5, 0.6) is 0 Å². The normalized spacial score (nSPS) is 19.5. The van der Waals surface area contributed by atoms with Crippen LogP contribution in [0, 0.1) is 0 Å². The molecule has 0 bridgehead atoms. The first kappa shape index (κ1) is 13.4. The summed E-state index contributed by atoms with van der Waals surface area (Å²) in [5.41, 5.74) is -1.05. The summed E-state index contributed by atoms with van der Waals surface area (Å²) >= 11 is 0. The van der Waals surface area contributed by atoms with Gasteiger partial charge in [0.25, 0.3) is 0 Å². The van der Waals surface area contributed by atoms with Crippen molar-refractivity contribution in [1.82, 2.24) is 15.5 Å². The van der Waals surface area contributed by atoms with Crippen LogP contribution in [-0.4, -0.2) is 40.5 Å². The highest BCUT2D eigenvalue weighted by Gasteiger charge is 2.33. The zero-order valence-corrected chi connectivity index (χ0v) is 9.68. The Labute approximate surface area is 106 Å². The van der Waals surface area contributed by atoms with Crippen LogP contribution in [0.1, 0.15) is 12.1 Å². The number of anilines is 1. The van der Waals surface area contributed by atoms with E-state index >= 15 is 0 Å². The third-order valence-electron chi connectivity index (χ3n) is 2.78. The van der Waals surface area contributed by atoms with E-state index in [4.69, 9.17) is 5.11 Å². The summed E-state index contributed by atoms with van der Waals surface area (Å²) in [6.07, 6.45) is -5.05. The van der Waals surface area contributed by atoms with Crippen LogP contribution in [0.2, 0.25) is 0 Å². The average Bonchev–Trinajstić information content (AvgIpc) is 2.75. The molecule has 1 aliphatic rings. The summed E-state index contributed by atoms with van der Waals surface area (Å²) in [5.74, 6) is 0.308. The monoisotopic (exact) mass is 276 g/mol. The first-order chi connectivity index (χ1) is 8.86. The number of nitrogens with one attached hydrogen (secondary N) is 1. The zero-order chi connectivity index (χ0) is 14.0. The lowest BCUT2D eigenvalue weighted by Crippen LogP contribution is -2.36. The van der Waals surface area contributed by atoms with Crippen molar-refractivity contribution in [1.29, 1.82) is 0 Å². The van der Waals surface area contributed by atoms with Crippen molar-refractivity contribution in [2.45, 2.75) is 18.6 Å². The number of carboxylic acid groups (broad SMARTS) is 1. The van der Waals surface area contributed by atoms with Crippen molar-refractivity contribution in [2.24, 2.45) is 0 Å². The number of amides is 1. The minimum Gasteiger partial charge on any atom is -0.465 e. The van der Waals surface area contributed by atoms with Crippen molar-refractivity contribution < 1.29 is 23.1 Å². The lowest BCUT2D eigenvalue weighted by atomic mass is 10.3. The van der Waals surface area contributed by atoms with Crippen molar-refractivity contribution in [3.8, 4) is 0 Å². The number of alkyl halides is 3. The second kappa shape index (κ2) is 4.90. The highest BCUT2D eigenvalue weighted by atomic mass is 19.4. The Kier molecular flexibility index (Phi) is 3.45. The van der Waals surface area contributed by atoms with Gasteiger partial charge < -0.3 is 15.3 Å². The standard InChI is InChI=1S/C10H11F3N4O2/c11-10(12,13)7-1-2-8(16-15-7)17-4-3-6(5-17)14-9(18)19/h1-2,6,14H,3-5H2,(H,18,19).